The van der Waals surface area contributed by atoms with Crippen molar-refractivity contribution < 1.29 is 4.79 Å². The van der Waals surface area contributed by atoms with Gasteiger partial charge in [-0.15, -0.1) is 11.3 Å². The topological polar surface area (TPSA) is 67.8 Å². The van der Waals surface area contributed by atoms with Crippen LogP contribution in [0.1, 0.15) is 26.6 Å². The molecule has 0 aliphatic carbocycles. The van der Waals surface area contributed by atoms with Crippen molar-refractivity contribution in [2.24, 2.45) is 0 Å². The first kappa shape index (κ1) is 15.6. The number of amides is 1. The van der Waals surface area contributed by atoms with Gasteiger partial charge in [-0.3, -0.25) is 15.1 Å². The van der Waals surface area contributed by atoms with Gasteiger partial charge in [0.1, 0.15) is 5.69 Å². The van der Waals surface area contributed by atoms with Crippen LogP contribution in [-0.4, -0.2) is 20.9 Å². The van der Waals surface area contributed by atoms with Crippen molar-refractivity contribution >= 4 is 34.0 Å². The van der Waals surface area contributed by atoms with Gasteiger partial charge in [-0.2, -0.15) is 0 Å². The third-order valence-corrected chi connectivity index (χ3v) is 4.20. The molecule has 0 saturated carbocycles. The van der Waals surface area contributed by atoms with E-state index in [4.69, 9.17) is 11.6 Å². The van der Waals surface area contributed by atoms with Crippen LogP contribution in [0.25, 0.3) is 0 Å². The fraction of sp³-hybridized carbons (Fsp3) is 0.125. The molecule has 0 fully saturated rings. The highest BCUT2D eigenvalue weighted by Gasteiger charge is 2.11. The summed E-state index contributed by atoms with van der Waals surface area (Å²) < 4.78 is 0. The van der Waals surface area contributed by atoms with Gasteiger partial charge in [0, 0.05) is 28.7 Å². The van der Waals surface area contributed by atoms with E-state index in [1.165, 1.54) is 17.5 Å². The fourth-order valence-corrected chi connectivity index (χ4v) is 3.02. The Kier molecular flexibility index (Phi) is 4.64. The first-order valence-electron chi connectivity index (χ1n) is 6.89. The van der Waals surface area contributed by atoms with Crippen LogP contribution < -0.4 is 5.32 Å². The number of carbonyl (C=O) groups is 1. The van der Waals surface area contributed by atoms with Crippen LogP contribution in [0.3, 0.4) is 0 Å². The molecule has 1 amide bonds. The van der Waals surface area contributed by atoms with Crippen molar-refractivity contribution in [1.82, 2.24) is 15.0 Å². The molecule has 116 valence electrons. The largest absolute Gasteiger partial charge is 0.296 e. The number of halogens is 1. The lowest BCUT2D eigenvalue weighted by atomic mass is 10.1. The van der Waals surface area contributed by atoms with Gasteiger partial charge in [-0.05, 0) is 24.6 Å². The quantitative estimate of drug-likeness (QED) is 0.782. The molecule has 0 unspecified atom stereocenters. The summed E-state index contributed by atoms with van der Waals surface area (Å²) >= 11 is 7.41. The minimum absolute atomic E-state index is 0.266. The molecule has 0 saturated heterocycles. The molecule has 0 bridgehead atoms. The van der Waals surface area contributed by atoms with E-state index < -0.39 is 0 Å². The minimum atomic E-state index is -0.318. The summed E-state index contributed by atoms with van der Waals surface area (Å²) in [5.41, 5.74) is 2.13. The molecule has 7 heteroatoms. The number of carbonyl (C=O) groups excluding carboxylic acids is 1. The van der Waals surface area contributed by atoms with Crippen LogP contribution in [0, 0.1) is 6.92 Å². The van der Waals surface area contributed by atoms with Crippen LogP contribution >= 0.6 is 22.9 Å². The van der Waals surface area contributed by atoms with Crippen molar-refractivity contribution in [2.75, 3.05) is 5.32 Å². The summed E-state index contributed by atoms with van der Waals surface area (Å²) in [5.74, 6) is -0.318. The second-order valence-corrected chi connectivity index (χ2v) is 6.49. The number of nitrogens with one attached hydrogen (secondary N) is 1. The van der Waals surface area contributed by atoms with Crippen LogP contribution in [0.15, 0.2) is 42.9 Å². The van der Waals surface area contributed by atoms with E-state index >= 15 is 0 Å². The summed E-state index contributed by atoms with van der Waals surface area (Å²) in [6.45, 7) is 1.82. The monoisotopic (exact) mass is 344 g/mol. The van der Waals surface area contributed by atoms with Crippen LogP contribution in [-0.2, 0) is 6.42 Å². The Morgan fingerprint density at radius 3 is 2.83 bits per heavy atom. The molecule has 2 heterocycles. The van der Waals surface area contributed by atoms with E-state index in [2.05, 4.69) is 20.3 Å². The zero-order chi connectivity index (χ0) is 16.2. The number of hydrogen-bond acceptors (Lipinski definition) is 5. The maximum absolute atomic E-state index is 12.1. The van der Waals surface area contributed by atoms with Crippen molar-refractivity contribution in [3.8, 4) is 0 Å². The summed E-state index contributed by atoms with van der Waals surface area (Å²) in [6.07, 6.45) is 5.48. The Balaban J connectivity index is 1.67. The Labute approximate surface area is 142 Å². The van der Waals surface area contributed by atoms with Crippen molar-refractivity contribution in [1.29, 1.82) is 0 Å². The average molecular weight is 345 g/mol. The second kappa shape index (κ2) is 6.85. The molecule has 2 aromatic heterocycles. The second-order valence-electron chi connectivity index (χ2n) is 4.94. The zero-order valence-corrected chi connectivity index (χ0v) is 13.9. The summed E-state index contributed by atoms with van der Waals surface area (Å²) in [6, 6.07) is 7.68. The highest BCUT2D eigenvalue weighted by atomic mass is 35.5. The standard InChI is InChI=1S/C16H13ClN4OS/c1-10-7-19-14(9-18-10)15(22)21-16-20-8-13(23-16)6-11-3-2-4-12(17)5-11/h2-5,7-9H,6H2,1H3,(H,20,21,22). The van der Waals surface area contributed by atoms with E-state index in [-0.39, 0.29) is 11.6 Å². The number of anilines is 1. The Bertz CT molecular complexity index is 832. The highest BCUT2D eigenvalue weighted by Crippen LogP contribution is 2.22. The lowest BCUT2D eigenvalue weighted by Crippen LogP contribution is -2.13. The number of nitrogens with zero attached hydrogens (tertiary/aromatic N) is 3. The third kappa shape index (κ3) is 4.12. The molecule has 0 radical (unpaired) electrons. The number of rotatable bonds is 4. The lowest BCUT2D eigenvalue weighted by molar-refractivity contribution is 0.102. The van der Waals surface area contributed by atoms with E-state index in [0.29, 0.717) is 10.2 Å². The van der Waals surface area contributed by atoms with Gasteiger partial charge < -0.3 is 0 Å². The first-order valence-corrected chi connectivity index (χ1v) is 8.09. The molecular formula is C16H13ClN4OS. The van der Waals surface area contributed by atoms with Gasteiger partial charge in [0.05, 0.1) is 11.9 Å². The van der Waals surface area contributed by atoms with Gasteiger partial charge in [-0.1, -0.05) is 23.7 Å². The van der Waals surface area contributed by atoms with Crippen molar-refractivity contribution in [3.63, 3.8) is 0 Å². The third-order valence-electron chi connectivity index (χ3n) is 3.05. The first-order chi connectivity index (χ1) is 11.1. The molecule has 1 aromatic carbocycles. The normalized spacial score (nSPS) is 10.5. The molecule has 1 N–H and O–H groups in total. The minimum Gasteiger partial charge on any atom is -0.296 e. The van der Waals surface area contributed by atoms with Gasteiger partial charge >= 0.3 is 0 Å². The van der Waals surface area contributed by atoms with Crippen molar-refractivity contribution in [2.45, 2.75) is 13.3 Å². The zero-order valence-electron chi connectivity index (χ0n) is 12.3. The number of thiazole rings is 1. The predicted octanol–water partition coefficient (Wildman–Crippen LogP) is 3.74. The number of aryl methyl sites for hydroxylation is 1. The predicted molar refractivity (Wildman–Crippen MR) is 91.1 cm³/mol. The van der Waals surface area contributed by atoms with E-state index in [9.17, 15) is 4.79 Å². The number of benzene rings is 1. The molecule has 3 rings (SSSR count). The SMILES string of the molecule is Cc1cnc(C(=O)Nc2ncc(Cc3cccc(Cl)c3)s2)cn1. The van der Waals surface area contributed by atoms with Crippen LogP contribution in [0.5, 0.6) is 0 Å². The average Bonchev–Trinajstić information content (AvgIpc) is 2.95. The molecule has 3 aromatic rings. The van der Waals surface area contributed by atoms with Gasteiger partial charge in [0.2, 0.25) is 0 Å². The number of aromatic nitrogens is 3. The van der Waals surface area contributed by atoms with Gasteiger partial charge in [0.15, 0.2) is 5.13 Å². The van der Waals surface area contributed by atoms with Gasteiger partial charge in [-0.25, -0.2) is 9.97 Å². The molecule has 0 aliphatic heterocycles. The Hall–Kier alpha value is -2.31. The summed E-state index contributed by atoms with van der Waals surface area (Å²) in [4.78, 5) is 25.4. The Morgan fingerprint density at radius 2 is 2.09 bits per heavy atom. The van der Waals surface area contributed by atoms with E-state index in [0.717, 1.165) is 22.6 Å². The highest BCUT2D eigenvalue weighted by molar-refractivity contribution is 7.15. The molecule has 0 spiro atoms. The maximum Gasteiger partial charge on any atom is 0.277 e. The smallest absolute Gasteiger partial charge is 0.277 e. The van der Waals surface area contributed by atoms with Crippen LogP contribution in [0.2, 0.25) is 5.02 Å². The van der Waals surface area contributed by atoms with E-state index in [1.54, 1.807) is 12.4 Å². The molecule has 23 heavy (non-hydrogen) atoms. The lowest BCUT2D eigenvalue weighted by Gasteiger charge is -2.00. The molecule has 0 atom stereocenters. The maximum atomic E-state index is 12.1. The van der Waals surface area contributed by atoms with E-state index in [1.807, 2.05) is 31.2 Å². The molecular weight excluding hydrogens is 332 g/mol. The van der Waals surface area contributed by atoms with Crippen molar-refractivity contribution in [3.05, 3.63) is 69.7 Å². The number of hydrogen-bond donors (Lipinski definition) is 1. The van der Waals surface area contributed by atoms with Crippen LogP contribution in [0.4, 0.5) is 5.13 Å². The molecule has 5 nitrogen and oxygen atoms in total. The fourth-order valence-electron chi connectivity index (χ4n) is 1.97. The van der Waals surface area contributed by atoms with Gasteiger partial charge in [0.25, 0.3) is 5.91 Å². The Morgan fingerprint density at radius 1 is 1.22 bits per heavy atom. The summed E-state index contributed by atoms with van der Waals surface area (Å²) in [5, 5.41) is 3.98. The molecule has 0 aliphatic rings. The summed E-state index contributed by atoms with van der Waals surface area (Å²) in [7, 11) is 0.